The average molecular weight is 252 g/mol. The minimum absolute atomic E-state index is 0.112. The minimum atomic E-state index is -0.441. The molecule has 0 unspecified atom stereocenters. The lowest BCUT2D eigenvalue weighted by Crippen LogP contribution is -2.38. The van der Waals surface area contributed by atoms with Gasteiger partial charge in [-0.15, -0.1) is 0 Å². The highest BCUT2D eigenvalue weighted by Crippen LogP contribution is 2.02. The summed E-state index contributed by atoms with van der Waals surface area (Å²) in [6, 6.07) is 3.02. The van der Waals surface area contributed by atoms with Crippen molar-refractivity contribution in [1.82, 2.24) is 15.6 Å². The van der Waals surface area contributed by atoms with E-state index in [4.69, 9.17) is 10.5 Å². The molecule has 1 aromatic rings. The molecule has 0 radical (unpaired) electrons. The summed E-state index contributed by atoms with van der Waals surface area (Å²) in [5.41, 5.74) is 6.14. The van der Waals surface area contributed by atoms with Crippen molar-refractivity contribution in [2.24, 2.45) is 0 Å². The van der Waals surface area contributed by atoms with Gasteiger partial charge in [-0.1, -0.05) is 0 Å². The first-order chi connectivity index (χ1) is 8.63. The molecule has 0 saturated heterocycles. The number of anilines is 1. The van der Waals surface area contributed by atoms with E-state index in [1.807, 2.05) is 0 Å². The summed E-state index contributed by atoms with van der Waals surface area (Å²) in [5, 5.41) is 5.02. The molecule has 0 aliphatic rings. The van der Waals surface area contributed by atoms with Gasteiger partial charge in [-0.05, 0) is 12.1 Å². The second kappa shape index (κ2) is 7.23. The van der Waals surface area contributed by atoms with Crippen LogP contribution in [0.1, 0.15) is 10.5 Å². The first kappa shape index (κ1) is 13.9. The van der Waals surface area contributed by atoms with Crippen LogP contribution in [0.25, 0.3) is 0 Å². The second-order valence-electron chi connectivity index (χ2n) is 3.50. The van der Waals surface area contributed by atoms with E-state index in [1.165, 1.54) is 12.3 Å². The Kier molecular flexibility index (Phi) is 5.59. The zero-order valence-corrected chi connectivity index (χ0v) is 10.1. The zero-order chi connectivity index (χ0) is 13.4. The van der Waals surface area contributed by atoms with E-state index in [2.05, 4.69) is 15.6 Å². The van der Waals surface area contributed by atoms with Crippen LogP contribution >= 0.6 is 0 Å². The maximum Gasteiger partial charge on any atom is 0.270 e. The lowest BCUT2D eigenvalue weighted by Gasteiger charge is -2.06. The lowest BCUT2D eigenvalue weighted by atomic mass is 10.3. The molecule has 0 saturated carbocycles. The molecule has 0 aromatic carbocycles. The maximum absolute atomic E-state index is 11.6. The van der Waals surface area contributed by atoms with E-state index in [-0.39, 0.29) is 18.1 Å². The van der Waals surface area contributed by atoms with Crippen molar-refractivity contribution in [2.75, 3.05) is 32.5 Å². The molecule has 1 rings (SSSR count). The summed E-state index contributed by atoms with van der Waals surface area (Å²) in [6.45, 7) is 0.719. The quantitative estimate of drug-likeness (QED) is 0.572. The maximum atomic E-state index is 11.6. The smallest absolute Gasteiger partial charge is 0.270 e. The molecule has 4 N–H and O–H groups in total. The molecule has 7 heteroatoms. The highest BCUT2D eigenvalue weighted by Gasteiger charge is 2.08. The Bertz CT molecular complexity index is 423. The third-order valence-electron chi connectivity index (χ3n) is 2.05. The van der Waals surface area contributed by atoms with Crippen LogP contribution in [0.5, 0.6) is 0 Å². The minimum Gasteiger partial charge on any atom is -0.399 e. The van der Waals surface area contributed by atoms with Gasteiger partial charge in [0.1, 0.15) is 5.69 Å². The molecule has 0 fully saturated rings. The molecule has 0 aliphatic carbocycles. The molecular formula is C11H16N4O3. The fourth-order valence-electron chi connectivity index (χ4n) is 1.18. The molecule has 0 bridgehead atoms. The van der Waals surface area contributed by atoms with Crippen LogP contribution < -0.4 is 16.4 Å². The van der Waals surface area contributed by atoms with Crippen LogP contribution in [0.15, 0.2) is 18.3 Å². The number of nitrogens with one attached hydrogen (secondary N) is 2. The van der Waals surface area contributed by atoms with Crippen molar-refractivity contribution in [3.8, 4) is 0 Å². The van der Waals surface area contributed by atoms with E-state index < -0.39 is 5.91 Å². The van der Waals surface area contributed by atoms with E-state index in [1.54, 1.807) is 13.2 Å². The number of carbonyl (C=O) groups excluding carboxylic acids is 2. The summed E-state index contributed by atoms with van der Waals surface area (Å²) in [5.74, 6) is -0.728. The SMILES string of the molecule is COCCNC(=O)CNC(=O)c1cc(N)ccn1. The van der Waals surface area contributed by atoms with Crippen molar-refractivity contribution in [3.05, 3.63) is 24.0 Å². The topological polar surface area (TPSA) is 106 Å². The number of carbonyl (C=O) groups is 2. The number of pyridine rings is 1. The summed E-state index contributed by atoms with van der Waals surface area (Å²) >= 11 is 0. The molecule has 2 amide bonds. The summed E-state index contributed by atoms with van der Waals surface area (Å²) in [4.78, 5) is 26.7. The fourth-order valence-corrected chi connectivity index (χ4v) is 1.18. The molecule has 1 aromatic heterocycles. The largest absolute Gasteiger partial charge is 0.399 e. The van der Waals surface area contributed by atoms with Crippen molar-refractivity contribution in [1.29, 1.82) is 0 Å². The number of hydrogen-bond donors (Lipinski definition) is 3. The predicted molar refractivity (Wildman–Crippen MR) is 65.9 cm³/mol. The number of methoxy groups -OCH3 is 1. The summed E-state index contributed by atoms with van der Waals surface area (Å²) < 4.78 is 4.77. The van der Waals surface area contributed by atoms with E-state index >= 15 is 0 Å². The summed E-state index contributed by atoms with van der Waals surface area (Å²) in [7, 11) is 1.54. The van der Waals surface area contributed by atoms with E-state index in [0.29, 0.717) is 18.8 Å². The molecule has 7 nitrogen and oxygen atoms in total. The lowest BCUT2D eigenvalue weighted by molar-refractivity contribution is -0.120. The average Bonchev–Trinajstić information content (AvgIpc) is 2.36. The highest BCUT2D eigenvalue weighted by atomic mass is 16.5. The summed E-state index contributed by atoms with van der Waals surface area (Å²) in [6.07, 6.45) is 1.43. The number of amides is 2. The van der Waals surface area contributed by atoms with Crippen molar-refractivity contribution in [2.45, 2.75) is 0 Å². The van der Waals surface area contributed by atoms with Gasteiger partial charge in [0.25, 0.3) is 5.91 Å². The monoisotopic (exact) mass is 252 g/mol. The normalized spacial score (nSPS) is 9.83. The third-order valence-corrected chi connectivity index (χ3v) is 2.05. The van der Waals surface area contributed by atoms with Gasteiger partial charge in [0.05, 0.1) is 13.2 Å². The van der Waals surface area contributed by atoms with E-state index in [9.17, 15) is 9.59 Å². The Morgan fingerprint density at radius 1 is 1.44 bits per heavy atom. The number of hydrogen-bond acceptors (Lipinski definition) is 5. The van der Waals surface area contributed by atoms with Crippen molar-refractivity contribution < 1.29 is 14.3 Å². The number of nitrogens with two attached hydrogens (primary N) is 1. The Balaban J connectivity index is 2.35. The third kappa shape index (κ3) is 4.79. The van der Waals surface area contributed by atoms with Crippen LogP contribution in [0, 0.1) is 0 Å². The fraction of sp³-hybridized carbons (Fsp3) is 0.364. The van der Waals surface area contributed by atoms with Crippen LogP contribution in [0.2, 0.25) is 0 Å². The number of nitrogens with zero attached hydrogens (tertiary/aromatic N) is 1. The number of ether oxygens (including phenoxy) is 1. The van der Waals surface area contributed by atoms with Gasteiger partial charge in [-0.2, -0.15) is 0 Å². The van der Waals surface area contributed by atoms with Crippen LogP contribution in [0.4, 0.5) is 5.69 Å². The van der Waals surface area contributed by atoms with Gasteiger partial charge in [0, 0.05) is 25.5 Å². The zero-order valence-electron chi connectivity index (χ0n) is 10.1. The first-order valence-electron chi connectivity index (χ1n) is 5.39. The molecule has 0 aliphatic heterocycles. The Morgan fingerprint density at radius 2 is 2.22 bits per heavy atom. The second-order valence-corrected chi connectivity index (χ2v) is 3.50. The Hall–Kier alpha value is -2.15. The standard InChI is InChI=1S/C11H16N4O3/c1-18-5-4-14-10(16)7-15-11(17)9-6-8(12)2-3-13-9/h2-3,6H,4-5,7H2,1H3,(H2,12,13)(H,14,16)(H,15,17). The van der Waals surface area contributed by atoms with Crippen LogP contribution in [-0.4, -0.2) is 43.6 Å². The molecule has 0 atom stereocenters. The van der Waals surface area contributed by atoms with Gasteiger partial charge in [0.2, 0.25) is 5.91 Å². The van der Waals surface area contributed by atoms with Gasteiger partial charge < -0.3 is 21.1 Å². The van der Waals surface area contributed by atoms with Crippen LogP contribution in [0.3, 0.4) is 0 Å². The highest BCUT2D eigenvalue weighted by molar-refractivity contribution is 5.95. The molecule has 98 valence electrons. The molecule has 18 heavy (non-hydrogen) atoms. The Morgan fingerprint density at radius 3 is 2.89 bits per heavy atom. The molecular weight excluding hydrogens is 236 g/mol. The van der Waals surface area contributed by atoms with E-state index in [0.717, 1.165) is 0 Å². The van der Waals surface area contributed by atoms with Crippen LogP contribution in [-0.2, 0) is 9.53 Å². The number of rotatable bonds is 6. The molecule has 1 heterocycles. The number of aromatic nitrogens is 1. The Labute approximate surface area is 105 Å². The van der Waals surface area contributed by atoms with Gasteiger partial charge >= 0.3 is 0 Å². The van der Waals surface area contributed by atoms with Crippen molar-refractivity contribution in [3.63, 3.8) is 0 Å². The molecule has 0 spiro atoms. The first-order valence-corrected chi connectivity index (χ1v) is 5.39. The predicted octanol–water partition coefficient (Wildman–Crippen LogP) is -0.844. The van der Waals surface area contributed by atoms with Gasteiger partial charge in [-0.25, -0.2) is 0 Å². The van der Waals surface area contributed by atoms with Gasteiger partial charge in [-0.3, -0.25) is 14.6 Å². The number of nitrogen functional groups attached to an aromatic ring is 1. The van der Waals surface area contributed by atoms with Gasteiger partial charge in [0.15, 0.2) is 0 Å². The van der Waals surface area contributed by atoms with Crippen molar-refractivity contribution >= 4 is 17.5 Å².